The number of hydrogen-bond donors (Lipinski definition) is 0. The molecule has 0 heterocycles. The van der Waals surface area contributed by atoms with Gasteiger partial charge in [-0.1, -0.05) is 79.2 Å². The molecular formula is C38H33F13O2. The molecule has 288 valence electrons. The van der Waals surface area contributed by atoms with Gasteiger partial charge < -0.3 is 9.47 Å². The number of fused-ring (bicyclic) bond motifs is 4. The molecular weight excluding hydrogens is 735 g/mol. The number of hydrogen-bond acceptors (Lipinski definition) is 2. The standard InChI is InChI=1S/C38H33F13O2/c1-32-19-29(33(39,40)34(41,42)35(43,44)36(45,46)37(47,48)38(49,50)51)31-26-15-13-25(52-20-22-8-4-2-5-9-22)18-24(26)12-14-27(31)28(32)16-17-30(32)53-21-23-10-6-3-7-11-23/h2-11,13,15,18,28-30H,12,14,16-17,19-21H2,1H3/t28-,29+,30-,32-/m0/s1. The molecule has 4 atom stereocenters. The average molecular weight is 769 g/mol. The summed E-state index contributed by atoms with van der Waals surface area (Å²) in [6.07, 6.45) is -8.87. The molecule has 3 aromatic rings. The second kappa shape index (κ2) is 13.2. The van der Waals surface area contributed by atoms with Crippen LogP contribution in [-0.2, 0) is 24.4 Å². The lowest BCUT2D eigenvalue weighted by Crippen LogP contribution is -2.71. The molecule has 0 aromatic heterocycles. The van der Waals surface area contributed by atoms with Crippen molar-refractivity contribution < 1.29 is 66.5 Å². The monoisotopic (exact) mass is 768 g/mol. The number of aryl methyl sites for hydroxylation is 1. The predicted octanol–water partition coefficient (Wildman–Crippen LogP) is 11.7. The number of benzene rings is 3. The quantitative estimate of drug-likeness (QED) is 0.181. The summed E-state index contributed by atoms with van der Waals surface area (Å²) in [7, 11) is 0. The SMILES string of the molecule is C[C@]12C[C@@H](C(F)(F)C(F)(F)C(F)(F)C(F)(F)C(F)(F)C(F)(F)F)C3=C(CCc4cc(OCc5ccccc5)ccc43)[C@@H]1CC[C@@H]2OCc1ccccc1. The van der Waals surface area contributed by atoms with Crippen molar-refractivity contribution in [2.45, 2.75) is 94.1 Å². The summed E-state index contributed by atoms with van der Waals surface area (Å²) in [6.45, 7) is 1.45. The molecule has 3 aromatic carbocycles. The summed E-state index contributed by atoms with van der Waals surface area (Å²) in [5.41, 5.74) is -0.273. The third-order valence-corrected chi connectivity index (χ3v) is 11.0. The minimum atomic E-state index is -7.98. The maximum atomic E-state index is 16.5. The van der Waals surface area contributed by atoms with E-state index >= 15 is 17.6 Å². The summed E-state index contributed by atoms with van der Waals surface area (Å²) in [4.78, 5) is 0. The Kier molecular flexibility index (Phi) is 9.72. The van der Waals surface area contributed by atoms with E-state index in [2.05, 4.69) is 0 Å². The lowest BCUT2D eigenvalue weighted by atomic mass is 9.57. The van der Waals surface area contributed by atoms with Crippen molar-refractivity contribution in [3.63, 3.8) is 0 Å². The van der Waals surface area contributed by atoms with E-state index in [1.165, 1.54) is 25.1 Å². The van der Waals surface area contributed by atoms with Gasteiger partial charge in [-0.2, -0.15) is 57.1 Å². The molecule has 3 aliphatic carbocycles. The molecule has 0 unspecified atom stereocenters. The van der Waals surface area contributed by atoms with Gasteiger partial charge in [-0.3, -0.25) is 0 Å². The Hall–Kier alpha value is -3.75. The van der Waals surface area contributed by atoms with E-state index in [0.717, 1.165) is 5.56 Å². The fourth-order valence-corrected chi connectivity index (χ4v) is 8.17. The number of halogens is 13. The van der Waals surface area contributed by atoms with Gasteiger partial charge in [-0.05, 0) is 78.0 Å². The third-order valence-electron chi connectivity index (χ3n) is 11.0. The maximum absolute atomic E-state index is 16.5. The van der Waals surface area contributed by atoms with Crippen LogP contribution >= 0.6 is 0 Å². The van der Waals surface area contributed by atoms with E-state index in [0.29, 0.717) is 12.0 Å². The van der Waals surface area contributed by atoms with Crippen molar-refractivity contribution in [2.24, 2.45) is 17.3 Å². The summed E-state index contributed by atoms with van der Waals surface area (Å²) < 4.78 is 201. The summed E-state index contributed by atoms with van der Waals surface area (Å²) >= 11 is 0. The Morgan fingerprint density at radius 2 is 1.21 bits per heavy atom. The Morgan fingerprint density at radius 1 is 0.642 bits per heavy atom. The van der Waals surface area contributed by atoms with Crippen molar-refractivity contribution in [3.8, 4) is 5.75 Å². The highest BCUT2D eigenvalue weighted by atomic mass is 19.4. The summed E-state index contributed by atoms with van der Waals surface area (Å²) in [5.74, 6) is -40.8. The zero-order chi connectivity index (χ0) is 38.8. The first kappa shape index (κ1) is 39.0. The van der Waals surface area contributed by atoms with E-state index in [1.807, 2.05) is 0 Å². The molecule has 53 heavy (non-hydrogen) atoms. The van der Waals surface area contributed by atoms with Crippen molar-refractivity contribution in [1.82, 2.24) is 0 Å². The van der Waals surface area contributed by atoms with Crippen LogP contribution < -0.4 is 4.74 Å². The van der Waals surface area contributed by atoms with E-state index < -0.39 is 71.1 Å². The number of allylic oxidation sites excluding steroid dienone is 2. The normalized spacial score (nSPS) is 24.1. The second-order valence-electron chi connectivity index (χ2n) is 14.1. The Balaban J connectivity index is 1.43. The van der Waals surface area contributed by atoms with Gasteiger partial charge in [-0.25, -0.2) is 0 Å². The lowest BCUT2D eigenvalue weighted by molar-refractivity contribution is -0.442. The van der Waals surface area contributed by atoms with Gasteiger partial charge in [-0.15, -0.1) is 0 Å². The Morgan fingerprint density at radius 3 is 1.79 bits per heavy atom. The molecule has 0 radical (unpaired) electrons. The highest BCUT2D eigenvalue weighted by Crippen LogP contribution is 2.68. The highest BCUT2D eigenvalue weighted by molar-refractivity contribution is 5.78. The van der Waals surface area contributed by atoms with E-state index in [9.17, 15) is 39.5 Å². The van der Waals surface area contributed by atoms with Crippen LogP contribution in [0.3, 0.4) is 0 Å². The minimum Gasteiger partial charge on any atom is -0.489 e. The first-order valence-electron chi connectivity index (χ1n) is 16.7. The van der Waals surface area contributed by atoms with Gasteiger partial charge in [0.25, 0.3) is 0 Å². The first-order valence-corrected chi connectivity index (χ1v) is 16.7. The van der Waals surface area contributed by atoms with Crippen molar-refractivity contribution in [2.75, 3.05) is 0 Å². The van der Waals surface area contributed by atoms with Crippen LogP contribution in [0.5, 0.6) is 5.75 Å². The van der Waals surface area contributed by atoms with Gasteiger partial charge in [0.15, 0.2) is 0 Å². The van der Waals surface area contributed by atoms with Crippen molar-refractivity contribution >= 4 is 5.57 Å². The van der Waals surface area contributed by atoms with E-state index in [1.54, 1.807) is 60.7 Å². The second-order valence-corrected chi connectivity index (χ2v) is 14.1. The van der Waals surface area contributed by atoms with Gasteiger partial charge in [0.2, 0.25) is 0 Å². The summed E-state index contributed by atoms with van der Waals surface area (Å²) in [6, 6.07) is 21.4. The fraction of sp³-hybridized carbons (Fsp3) is 0.474. The molecule has 15 heteroatoms. The smallest absolute Gasteiger partial charge is 0.460 e. The molecule has 0 bridgehead atoms. The molecule has 0 amide bonds. The molecule has 0 saturated heterocycles. The topological polar surface area (TPSA) is 18.5 Å². The minimum absolute atomic E-state index is 0.0486. The van der Waals surface area contributed by atoms with E-state index in [4.69, 9.17) is 9.47 Å². The van der Waals surface area contributed by atoms with Crippen LogP contribution in [0.25, 0.3) is 5.57 Å². The largest absolute Gasteiger partial charge is 0.489 e. The molecule has 1 fully saturated rings. The van der Waals surface area contributed by atoms with Crippen LogP contribution in [0.2, 0.25) is 0 Å². The van der Waals surface area contributed by atoms with Crippen LogP contribution in [0.15, 0.2) is 84.4 Å². The predicted molar refractivity (Wildman–Crippen MR) is 167 cm³/mol. The zero-order valence-electron chi connectivity index (χ0n) is 27.9. The summed E-state index contributed by atoms with van der Waals surface area (Å²) in [5, 5.41) is 0. The number of alkyl halides is 13. The fourth-order valence-electron chi connectivity index (χ4n) is 8.17. The molecule has 3 aliphatic rings. The Bertz CT molecular complexity index is 1820. The third kappa shape index (κ3) is 6.18. The van der Waals surface area contributed by atoms with E-state index in [-0.39, 0.29) is 54.9 Å². The van der Waals surface area contributed by atoms with Gasteiger partial charge >= 0.3 is 35.8 Å². The number of ether oxygens (including phenoxy) is 2. The average Bonchev–Trinajstić information content (AvgIpc) is 3.44. The zero-order valence-corrected chi connectivity index (χ0v) is 27.9. The van der Waals surface area contributed by atoms with Crippen molar-refractivity contribution in [1.29, 1.82) is 0 Å². The molecule has 1 saturated carbocycles. The van der Waals surface area contributed by atoms with Crippen LogP contribution in [0.1, 0.15) is 54.9 Å². The van der Waals surface area contributed by atoms with Crippen molar-refractivity contribution in [3.05, 3.63) is 107 Å². The van der Waals surface area contributed by atoms with Gasteiger partial charge in [0.05, 0.1) is 18.6 Å². The highest BCUT2D eigenvalue weighted by Gasteiger charge is 2.91. The first-order chi connectivity index (χ1) is 24.6. The molecule has 0 aliphatic heterocycles. The molecule has 2 nitrogen and oxygen atoms in total. The van der Waals surface area contributed by atoms with Crippen LogP contribution in [0.4, 0.5) is 57.1 Å². The maximum Gasteiger partial charge on any atom is 0.460 e. The van der Waals surface area contributed by atoms with Crippen LogP contribution in [0, 0.1) is 17.3 Å². The molecule has 6 rings (SSSR count). The lowest BCUT2D eigenvalue weighted by Gasteiger charge is -2.51. The van der Waals surface area contributed by atoms with Crippen LogP contribution in [-0.4, -0.2) is 41.9 Å². The Labute approximate surface area is 296 Å². The number of rotatable bonds is 11. The molecule has 0 spiro atoms. The molecule has 0 N–H and O–H groups in total. The van der Waals surface area contributed by atoms with Gasteiger partial charge in [0.1, 0.15) is 12.4 Å². The van der Waals surface area contributed by atoms with Gasteiger partial charge in [0, 0.05) is 5.41 Å².